The first kappa shape index (κ1) is 28.0. The zero-order valence-electron chi connectivity index (χ0n) is 21.5. The third kappa shape index (κ3) is 5.68. The number of H-pyrrole nitrogens is 1. The molecule has 2 atom stereocenters. The summed E-state index contributed by atoms with van der Waals surface area (Å²) in [5.41, 5.74) is 5.55. The molecule has 2 amide bonds. The number of fused-ring (bicyclic) bond motifs is 1. The number of aromatic nitrogens is 2. The second kappa shape index (κ2) is 11.9. The summed E-state index contributed by atoms with van der Waals surface area (Å²) < 4.78 is 5.34. The monoisotopic (exact) mass is 588 g/mol. The van der Waals surface area contributed by atoms with Gasteiger partial charge in [-0.05, 0) is 66.6 Å². The van der Waals surface area contributed by atoms with E-state index in [-0.39, 0.29) is 36.2 Å². The first-order valence-electron chi connectivity index (χ1n) is 13.2. The Balaban J connectivity index is 0.00000308. The number of benzene rings is 2. The highest BCUT2D eigenvalue weighted by Gasteiger charge is 2.38. The number of nitrogens with zero attached hydrogens (tertiary/aromatic N) is 3. The maximum atomic E-state index is 13.3. The molecule has 3 aromatic rings. The van der Waals surface area contributed by atoms with Crippen LogP contribution >= 0.6 is 35.6 Å². The smallest absolute Gasteiger partial charge is 0.254 e. The lowest BCUT2D eigenvalue weighted by molar-refractivity contribution is -0.133. The molecule has 0 saturated carbocycles. The molecular weight excluding hydrogens is 559 g/mol. The number of likely N-dealkylation sites (tertiary alicyclic amines) is 1. The molecular formula is C29H31Cl3N4O3. The average Bonchev–Trinajstić information content (AvgIpc) is 3.56. The number of ether oxygens (including phenoxy) is 1. The van der Waals surface area contributed by atoms with E-state index in [4.69, 9.17) is 27.9 Å². The first-order valence-corrected chi connectivity index (χ1v) is 14.0. The maximum Gasteiger partial charge on any atom is 0.254 e. The summed E-state index contributed by atoms with van der Waals surface area (Å²) in [7, 11) is 0. The summed E-state index contributed by atoms with van der Waals surface area (Å²) in [6.07, 6.45) is 5.76. The molecule has 1 aliphatic carbocycles. The van der Waals surface area contributed by atoms with E-state index >= 15 is 0 Å². The molecule has 39 heavy (non-hydrogen) atoms. The van der Waals surface area contributed by atoms with Crippen LogP contribution in [0.4, 0.5) is 0 Å². The standard InChI is InChI=1S/C29H30Cl2N4O3.ClH/c30-24-14-21(18-1-3-19(4-2-18)28(36)34-9-11-38-12-10-34)15-25(31)23(24)13-20-7-8-35(29(20)37)22-5-6-26-27(16-22)33-17-32-26;/h1-4,14-15,17,20,22H,5-13,16H2,(H,32,33);1H/t20?,22-;/m1./s1. The molecule has 0 spiro atoms. The molecule has 2 aromatic carbocycles. The predicted molar refractivity (Wildman–Crippen MR) is 154 cm³/mol. The summed E-state index contributed by atoms with van der Waals surface area (Å²) >= 11 is 13.5. The van der Waals surface area contributed by atoms with Crippen molar-refractivity contribution in [2.45, 2.75) is 38.1 Å². The van der Waals surface area contributed by atoms with Crippen molar-refractivity contribution in [2.75, 3.05) is 32.8 Å². The maximum absolute atomic E-state index is 13.3. The third-order valence-corrected chi connectivity index (χ3v) is 8.78. The van der Waals surface area contributed by atoms with Gasteiger partial charge in [0.15, 0.2) is 0 Å². The number of carbonyl (C=O) groups is 2. The lowest BCUT2D eigenvalue weighted by atomic mass is 9.94. The molecule has 0 bridgehead atoms. The van der Waals surface area contributed by atoms with Gasteiger partial charge in [-0.1, -0.05) is 35.3 Å². The normalized spacial score (nSPS) is 21.0. The predicted octanol–water partition coefficient (Wildman–Crippen LogP) is 5.23. The highest BCUT2D eigenvalue weighted by atomic mass is 35.5. The minimum absolute atomic E-state index is 0. The van der Waals surface area contributed by atoms with Gasteiger partial charge in [0.1, 0.15) is 0 Å². The minimum Gasteiger partial charge on any atom is -0.378 e. The van der Waals surface area contributed by atoms with E-state index in [1.54, 1.807) is 6.33 Å². The SMILES string of the molecule is Cl.O=C(c1ccc(-c2cc(Cl)c(CC3CCN([C@@H]4CCc5nc[nH]c5C4)C3=O)c(Cl)c2)cc1)N1CCOCC1. The fourth-order valence-electron chi connectivity index (χ4n) is 5.93. The molecule has 3 heterocycles. The Morgan fingerprint density at radius 1 is 1.03 bits per heavy atom. The van der Waals surface area contributed by atoms with Gasteiger partial charge < -0.3 is 19.5 Å². The highest BCUT2D eigenvalue weighted by Crippen LogP contribution is 2.36. The number of aromatic amines is 1. The van der Waals surface area contributed by atoms with E-state index in [1.807, 2.05) is 46.2 Å². The number of carbonyl (C=O) groups excluding carboxylic acids is 2. The van der Waals surface area contributed by atoms with Crippen molar-refractivity contribution < 1.29 is 14.3 Å². The van der Waals surface area contributed by atoms with Crippen molar-refractivity contribution in [3.8, 4) is 11.1 Å². The van der Waals surface area contributed by atoms with E-state index in [1.165, 1.54) is 0 Å². The van der Waals surface area contributed by atoms with Crippen LogP contribution in [0.15, 0.2) is 42.7 Å². The van der Waals surface area contributed by atoms with Crippen molar-refractivity contribution in [2.24, 2.45) is 5.92 Å². The van der Waals surface area contributed by atoms with Crippen molar-refractivity contribution in [3.05, 3.63) is 75.3 Å². The largest absolute Gasteiger partial charge is 0.378 e. The zero-order chi connectivity index (χ0) is 26.2. The van der Waals surface area contributed by atoms with Gasteiger partial charge in [0.2, 0.25) is 5.91 Å². The first-order chi connectivity index (χ1) is 18.5. The van der Waals surface area contributed by atoms with Gasteiger partial charge >= 0.3 is 0 Å². The van der Waals surface area contributed by atoms with Gasteiger partial charge in [-0.3, -0.25) is 9.59 Å². The minimum atomic E-state index is -0.121. The average molecular weight is 590 g/mol. The van der Waals surface area contributed by atoms with Gasteiger partial charge in [-0.2, -0.15) is 0 Å². The molecule has 1 unspecified atom stereocenters. The molecule has 7 nitrogen and oxygen atoms in total. The second-order valence-electron chi connectivity index (χ2n) is 10.3. The number of aryl methyl sites for hydroxylation is 1. The van der Waals surface area contributed by atoms with Crippen molar-refractivity contribution in [1.82, 2.24) is 19.8 Å². The lowest BCUT2D eigenvalue weighted by Crippen LogP contribution is -2.41. The van der Waals surface area contributed by atoms with Crippen molar-refractivity contribution in [3.63, 3.8) is 0 Å². The summed E-state index contributed by atoms with van der Waals surface area (Å²) in [5, 5.41) is 1.12. The van der Waals surface area contributed by atoms with Crippen LogP contribution in [-0.4, -0.2) is 70.5 Å². The summed E-state index contributed by atoms with van der Waals surface area (Å²) in [4.78, 5) is 37.6. The lowest BCUT2D eigenvalue weighted by Gasteiger charge is -2.31. The molecule has 6 rings (SSSR count). The number of imidazole rings is 1. The zero-order valence-corrected chi connectivity index (χ0v) is 23.8. The summed E-state index contributed by atoms with van der Waals surface area (Å²) in [5.74, 6) is 0.0824. The molecule has 10 heteroatoms. The fourth-order valence-corrected chi connectivity index (χ4v) is 6.57. The quantitative estimate of drug-likeness (QED) is 0.442. The number of morpholine rings is 1. The second-order valence-corrected chi connectivity index (χ2v) is 11.2. The Kier molecular flexibility index (Phi) is 8.52. The topological polar surface area (TPSA) is 78.5 Å². The highest BCUT2D eigenvalue weighted by molar-refractivity contribution is 6.36. The van der Waals surface area contributed by atoms with Gasteiger partial charge in [0.05, 0.1) is 25.2 Å². The van der Waals surface area contributed by atoms with Gasteiger partial charge in [-0.25, -0.2) is 4.98 Å². The molecule has 1 aromatic heterocycles. The third-order valence-electron chi connectivity index (χ3n) is 8.11. The molecule has 2 saturated heterocycles. The van der Waals surface area contributed by atoms with E-state index < -0.39 is 0 Å². The van der Waals surface area contributed by atoms with E-state index in [0.29, 0.717) is 48.3 Å². The molecule has 1 N–H and O–H groups in total. The fraction of sp³-hybridized carbons (Fsp3) is 0.414. The molecule has 206 valence electrons. The van der Waals surface area contributed by atoms with Crippen LogP contribution in [0.25, 0.3) is 11.1 Å². The molecule has 2 aliphatic heterocycles. The number of hydrogen-bond donors (Lipinski definition) is 1. The number of amides is 2. The van der Waals surface area contributed by atoms with Crippen LogP contribution in [0, 0.1) is 5.92 Å². The Morgan fingerprint density at radius 3 is 2.46 bits per heavy atom. The number of halogens is 3. The Morgan fingerprint density at radius 2 is 1.74 bits per heavy atom. The van der Waals surface area contributed by atoms with Crippen molar-refractivity contribution in [1.29, 1.82) is 0 Å². The van der Waals surface area contributed by atoms with Crippen LogP contribution in [0.5, 0.6) is 0 Å². The van der Waals surface area contributed by atoms with Crippen LogP contribution in [0.1, 0.15) is 40.2 Å². The number of rotatable bonds is 5. The van der Waals surface area contributed by atoms with Gasteiger partial charge in [0, 0.05) is 59.3 Å². The number of nitrogens with one attached hydrogen (secondary N) is 1. The van der Waals surface area contributed by atoms with E-state index in [0.717, 1.165) is 60.3 Å². The van der Waals surface area contributed by atoms with Crippen LogP contribution in [-0.2, 0) is 28.8 Å². The molecule has 3 aliphatic rings. The van der Waals surface area contributed by atoms with E-state index in [9.17, 15) is 9.59 Å². The van der Waals surface area contributed by atoms with Crippen molar-refractivity contribution >= 4 is 47.4 Å². The summed E-state index contributed by atoms with van der Waals surface area (Å²) in [6.45, 7) is 3.13. The Hall–Kier alpha value is -2.58. The number of hydrogen-bond acceptors (Lipinski definition) is 4. The van der Waals surface area contributed by atoms with E-state index in [2.05, 4.69) is 9.97 Å². The van der Waals surface area contributed by atoms with Gasteiger partial charge in [-0.15, -0.1) is 12.4 Å². The molecule has 2 fully saturated rings. The molecule has 0 radical (unpaired) electrons. The van der Waals surface area contributed by atoms with Crippen LogP contribution < -0.4 is 0 Å². The Labute approximate surface area is 244 Å². The van der Waals surface area contributed by atoms with Crippen LogP contribution in [0.3, 0.4) is 0 Å². The Bertz CT molecular complexity index is 1330. The summed E-state index contributed by atoms with van der Waals surface area (Å²) in [6, 6.07) is 11.5. The van der Waals surface area contributed by atoms with Crippen LogP contribution in [0.2, 0.25) is 10.0 Å². The van der Waals surface area contributed by atoms with Gasteiger partial charge in [0.25, 0.3) is 5.91 Å².